The topological polar surface area (TPSA) is 38.1 Å². The molecular formula is C10H16N2O. The van der Waals surface area contributed by atoms with Crippen LogP contribution in [0.4, 0.5) is 0 Å². The number of aromatic nitrogens is 1. The number of nitrogens with one attached hydrogen (secondary N) is 1. The summed E-state index contributed by atoms with van der Waals surface area (Å²) >= 11 is 0. The second-order valence-corrected chi connectivity index (χ2v) is 4.05. The molecule has 72 valence electrons. The van der Waals surface area contributed by atoms with Gasteiger partial charge in [-0.2, -0.15) is 0 Å². The van der Waals surface area contributed by atoms with E-state index in [0.717, 1.165) is 30.4 Å². The number of hydrogen-bond donors (Lipinski definition) is 1. The molecule has 0 bridgehead atoms. The molecule has 2 heterocycles. The van der Waals surface area contributed by atoms with Gasteiger partial charge in [-0.15, -0.1) is 0 Å². The minimum atomic E-state index is 0.387. The van der Waals surface area contributed by atoms with Crippen molar-refractivity contribution in [3.63, 3.8) is 0 Å². The lowest BCUT2D eigenvalue weighted by atomic mass is 10.0. The van der Waals surface area contributed by atoms with Crippen molar-refractivity contribution in [1.82, 2.24) is 10.3 Å². The van der Waals surface area contributed by atoms with Crippen molar-refractivity contribution in [2.75, 3.05) is 6.54 Å². The van der Waals surface area contributed by atoms with Gasteiger partial charge in [-0.3, -0.25) is 0 Å². The first-order valence-electron chi connectivity index (χ1n) is 4.88. The molecule has 13 heavy (non-hydrogen) atoms. The number of fused-ring (bicyclic) bond motifs is 1. The van der Waals surface area contributed by atoms with E-state index in [0.29, 0.717) is 11.8 Å². The molecule has 2 rings (SSSR count). The van der Waals surface area contributed by atoms with Gasteiger partial charge in [0.1, 0.15) is 5.76 Å². The van der Waals surface area contributed by atoms with Crippen LogP contribution in [0.25, 0.3) is 0 Å². The summed E-state index contributed by atoms with van der Waals surface area (Å²) in [6.07, 6.45) is 0. The fourth-order valence-corrected chi connectivity index (χ4v) is 1.64. The predicted molar refractivity (Wildman–Crippen MR) is 50.7 cm³/mol. The monoisotopic (exact) mass is 180 g/mol. The molecule has 1 aromatic heterocycles. The molecule has 1 aliphatic rings. The average molecular weight is 180 g/mol. The van der Waals surface area contributed by atoms with E-state index in [9.17, 15) is 0 Å². The first-order chi connectivity index (χ1) is 6.18. The molecule has 3 nitrogen and oxygen atoms in total. The highest BCUT2D eigenvalue weighted by Crippen LogP contribution is 2.26. The SMILES string of the molecule is CC(C)c1nc2c(o1)CNCC2C. The van der Waals surface area contributed by atoms with E-state index in [1.54, 1.807) is 0 Å². The highest BCUT2D eigenvalue weighted by Gasteiger charge is 2.23. The molecule has 0 aromatic carbocycles. The Bertz CT molecular complexity index is 304. The van der Waals surface area contributed by atoms with Crippen LogP contribution in [0.2, 0.25) is 0 Å². The summed E-state index contributed by atoms with van der Waals surface area (Å²) in [6.45, 7) is 8.23. The second kappa shape index (κ2) is 3.14. The molecule has 0 aliphatic carbocycles. The Morgan fingerprint density at radius 1 is 1.54 bits per heavy atom. The number of oxazole rings is 1. The van der Waals surface area contributed by atoms with Gasteiger partial charge in [-0.25, -0.2) is 4.98 Å². The zero-order valence-corrected chi connectivity index (χ0v) is 8.42. The number of rotatable bonds is 1. The Morgan fingerprint density at radius 3 is 2.92 bits per heavy atom. The van der Waals surface area contributed by atoms with Crippen LogP contribution in [-0.2, 0) is 6.54 Å². The van der Waals surface area contributed by atoms with Gasteiger partial charge in [0.2, 0.25) is 0 Å². The van der Waals surface area contributed by atoms with Crippen molar-refractivity contribution in [1.29, 1.82) is 0 Å². The molecule has 1 atom stereocenters. The average Bonchev–Trinajstić information content (AvgIpc) is 2.49. The van der Waals surface area contributed by atoms with Gasteiger partial charge in [0.05, 0.1) is 12.2 Å². The Morgan fingerprint density at radius 2 is 2.31 bits per heavy atom. The molecule has 0 saturated heterocycles. The standard InChI is InChI=1S/C10H16N2O/c1-6(2)10-12-9-7(3)4-11-5-8(9)13-10/h6-7,11H,4-5H2,1-3H3. The lowest BCUT2D eigenvalue weighted by Gasteiger charge is -2.16. The van der Waals surface area contributed by atoms with E-state index >= 15 is 0 Å². The van der Waals surface area contributed by atoms with Gasteiger partial charge in [0.15, 0.2) is 5.89 Å². The molecule has 0 radical (unpaired) electrons. The molecule has 1 N–H and O–H groups in total. The molecule has 0 fully saturated rings. The van der Waals surface area contributed by atoms with Crippen LogP contribution in [0.1, 0.15) is 50.0 Å². The quantitative estimate of drug-likeness (QED) is 0.718. The maximum atomic E-state index is 5.66. The van der Waals surface area contributed by atoms with Crippen LogP contribution in [0.5, 0.6) is 0 Å². The van der Waals surface area contributed by atoms with Crippen molar-refractivity contribution in [3.8, 4) is 0 Å². The van der Waals surface area contributed by atoms with Crippen molar-refractivity contribution in [3.05, 3.63) is 17.3 Å². The predicted octanol–water partition coefficient (Wildman–Crippen LogP) is 2.00. The molecule has 1 unspecified atom stereocenters. The first-order valence-corrected chi connectivity index (χ1v) is 4.88. The smallest absolute Gasteiger partial charge is 0.197 e. The number of nitrogens with zero attached hydrogens (tertiary/aromatic N) is 1. The zero-order valence-electron chi connectivity index (χ0n) is 8.42. The fourth-order valence-electron chi connectivity index (χ4n) is 1.64. The van der Waals surface area contributed by atoms with Crippen LogP contribution in [-0.4, -0.2) is 11.5 Å². The van der Waals surface area contributed by atoms with Crippen LogP contribution >= 0.6 is 0 Å². The van der Waals surface area contributed by atoms with Gasteiger partial charge in [-0.1, -0.05) is 20.8 Å². The minimum absolute atomic E-state index is 0.387. The van der Waals surface area contributed by atoms with Crippen LogP contribution in [0.15, 0.2) is 4.42 Å². The van der Waals surface area contributed by atoms with E-state index in [1.165, 1.54) is 0 Å². The Balaban J connectivity index is 2.36. The Labute approximate surface area is 78.5 Å². The van der Waals surface area contributed by atoms with Crippen molar-refractivity contribution in [2.45, 2.75) is 39.2 Å². The van der Waals surface area contributed by atoms with Crippen LogP contribution < -0.4 is 5.32 Å². The van der Waals surface area contributed by atoms with E-state index in [-0.39, 0.29) is 0 Å². The zero-order chi connectivity index (χ0) is 9.42. The summed E-state index contributed by atoms with van der Waals surface area (Å²) in [5.74, 6) is 2.78. The second-order valence-electron chi connectivity index (χ2n) is 4.05. The molecule has 0 saturated carbocycles. The Kier molecular flexibility index (Phi) is 2.12. The molecule has 0 spiro atoms. The summed E-state index contributed by atoms with van der Waals surface area (Å²) < 4.78 is 5.66. The molecule has 3 heteroatoms. The minimum Gasteiger partial charge on any atom is -0.444 e. The van der Waals surface area contributed by atoms with Gasteiger partial charge < -0.3 is 9.73 Å². The Hall–Kier alpha value is -0.830. The van der Waals surface area contributed by atoms with Crippen molar-refractivity contribution < 1.29 is 4.42 Å². The van der Waals surface area contributed by atoms with E-state index in [2.05, 4.69) is 31.1 Å². The highest BCUT2D eigenvalue weighted by molar-refractivity contribution is 5.18. The first kappa shape index (κ1) is 8.75. The third kappa shape index (κ3) is 1.48. The van der Waals surface area contributed by atoms with Gasteiger partial charge in [-0.05, 0) is 0 Å². The highest BCUT2D eigenvalue weighted by atomic mass is 16.4. The third-order valence-corrected chi connectivity index (χ3v) is 2.44. The number of hydrogen-bond acceptors (Lipinski definition) is 3. The van der Waals surface area contributed by atoms with E-state index in [1.807, 2.05) is 0 Å². The van der Waals surface area contributed by atoms with Crippen LogP contribution in [0.3, 0.4) is 0 Å². The molecular weight excluding hydrogens is 164 g/mol. The molecule has 0 amide bonds. The summed E-state index contributed by atoms with van der Waals surface area (Å²) in [5.41, 5.74) is 1.16. The van der Waals surface area contributed by atoms with Gasteiger partial charge >= 0.3 is 0 Å². The maximum Gasteiger partial charge on any atom is 0.197 e. The van der Waals surface area contributed by atoms with E-state index < -0.39 is 0 Å². The fraction of sp³-hybridized carbons (Fsp3) is 0.700. The largest absolute Gasteiger partial charge is 0.444 e. The lowest BCUT2D eigenvalue weighted by molar-refractivity contribution is 0.407. The van der Waals surface area contributed by atoms with Crippen molar-refractivity contribution in [2.24, 2.45) is 0 Å². The summed E-state index contributed by atoms with van der Waals surface area (Å²) in [4.78, 5) is 4.52. The van der Waals surface area contributed by atoms with Crippen molar-refractivity contribution >= 4 is 0 Å². The molecule has 1 aromatic rings. The third-order valence-electron chi connectivity index (χ3n) is 2.44. The lowest BCUT2D eigenvalue weighted by Crippen LogP contribution is -2.25. The van der Waals surface area contributed by atoms with E-state index in [4.69, 9.17) is 4.42 Å². The summed E-state index contributed by atoms with van der Waals surface area (Å²) in [5, 5.41) is 3.31. The normalized spacial score (nSPS) is 22.0. The van der Waals surface area contributed by atoms with Gasteiger partial charge in [0, 0.05) is 18.4 Å². The maximum absolute atomic E-state index is 5.66. The summed E-state index contributed by atoms with van der Waals surface area (Å²) in [7, 11) is 0. The van der Waals surface area contributed by atoms with Gasteiger partial charge in [0.25, 0.3) is 0 Å². The summed E-state index contributed by atoms with van der Waals surface area (Å²) in [6, 6.07) is 0. The molecule has 1 aliphatic heterocycles. The van der Waals surface area contributed by atoms with Crippen LogP contribution in [0, 0.1) is 0 Å².